The quantitative estimate of drug-likeness (QED) is 0.753. The second kappa shape index (κ2) is 5.22. The van der Waals surface area contributed by atoms with Crippen molar-refractivity contribution in [1.29, 1.82) is 0 Å². The van der Waals surface area contributed by atoms with Gasteiger partial charge in [-0.25, -0.2) is 4.98 Å². The highest BCUT2D eigenvalue weighted by molar-refractivity contribution is 6.33. The Bertz CT molecular complexity index is 810. The topological polar surface area (TPSA) is 63.8 Å². The molecule has 5 heteroatoms. The van der Waals surface area contributed by atoms with Gasteiger partial charge in [-0.3, -0.25) is 0 Å². The van der Waals surface area contributed by atoms with Crippen molar-refractivity contribution in [1.82, 2.24) is 9.97 Å². The first kappa shape index (κ1) is 13.6. The molecule has 0 saturated heterocycles. The third kappa shape index (κ3) is 2.38. The molecule has 0 spiro atoms. The molecule has 0 fully saturated rings. The molecule has 3 N–H and O–H groups in total. The van der Waals surface area contributed by atoms with Gasteiger partial charge in [0.25, 0.3) is 0 Å². The zero-order valence-electron chi connectivity index (χ0n) is 11.8. The summed E-state index contributed by atoms with van der Waals surface area (Å²) in [5.41, 5.74) is 9.72. The Morgan fingerprint density at radius 1 is 1.14 bits per heavy atom. The number of aryl methyl sites for hydroxylation is 1. The Hall–Kier alpha value is -2.33. The van der Waals surface area contributed by atoms with Gasteiger partial charge in [0.05, 0.1) is 5.52 Å². The summed E-state index contributed by atoms with van der Waals surface area (Å²) in [6, 6.07) is 11.9. The van der Waals surface area contributed by atoms with E-state index in [1.807, 2.05) is 50.4 Å². The number of nitrogen functional groups attached to an aromatic ring is 1. The fourth-order valence-electron chi connectivity index (χ4n) is 2.49. The second-order valence-corrected chi connectivity index (χ2v) is 5.25. The predicted molar refractivity (Wildman–Crippen MR) is 88.7 cm³/mol. The number of aromatic nitrogens is 2. The standard InChI is InChI=1S/C16H15ClN4/c1-9-4-3-5-12(17)14(9)10-6-7-11-13(8-10)20-16(18)21-15(11)19-2/h3-8H,1-2H3,(H3,18,19,20,21). The third-order valence-corrected chi connectivity index (χ3v) is 3.78. The molecule has 0 atom stereocenters. The first-order chi connectivity index (χ1) is 10.1. The lowest BCUT2D eigenvalue weighted by molar-refractivity contribution is 1.22. The lowest BCUT2D eigenvalue weighted by Gasteiger charge is -2.11. The minimum atomic E-state index is 0.250. The van der Waals surface area contributed by atoms with Gasteiger partial charge in [-0.2, -0.15) is 4.98 Å². The lowest BCUT2D eigenvalue weighted by Crippen LogP contribution is -2.01. The fourth-order valence-corrected chi connectivity index (χ4v) is 2.82. The highest BCUT2D eigenvalue weighted by atomic mass is 35.5. The van der Waals surface area contributed by atoms with Crippen molar-refractivity contribution in [2.75, 3.05) is 18.1 Å². The zero-order chi connectivity index (χ0) is 15.0. The van der Waals surface area contributed by atoms with Crippen LogP contribution in [0.4, 0.5) is 11.8 Å². The van der Waals surface area contributed by atoms with Gasteiger partial charge >= 0.3 is 0 Å². The molecule has 0 unspecified atom stereocenters. The molecule has 0 aliphatic carbocycles. The van der Waals surface area contributed by atoms with E-state index in [1.165, 1.54) is 0 Å². The molecule has 0 bridgehead atoms. The van der Waals surface area contributed by atoms with Crippen molar-refractivity contribution < 1.29 is 0 Å². The van der Waals surface area contributed by atoms with E-state index < -0.39 is 0 Å². The number of halogens is 1. The van der Waals surface area contributed by atoms with Gasteiger partial charge in [0.2, 0.25) is 5.95 Å². The summed E-state index contributed by atoms with van der Waals surface area (Å²) < 4.78 is 0. The van der Waals surface area contributed by atoms with Crippen LogP contribution < -0.4 is 11.1 Å². The summed E-state index contributed by atoms with van der Waals surface area (Å²) in [6.45, 7) is 2.04. The average Bonchev–Trinajstić information content (AvgIpc) is 2.45. The van der Waals surface area contributed by atoms with Crippen molar-refractivity contribution in [2.45, 2.75) is 6.92 Å². The Kier molecular flexibility index (Phi) is 3.39. The van der Waals surface area contributed by atoms with Gasteiger partial charge in [0.15, 0.2) is 0 Å². The maximum atomic E-state index is 6.34. The van der Waals surface area contributed by atoms with Crippen LogP contribution in [-0.2, 0) is 0 Å². The van der Waals surface area contributed by atoms with E-state index in [1.54, 1.807) is 0 Å². The molecule has 0 amide bonds. The normalized spacial score (nSPS) is 10.8. The molecule has 106 valence electrons. The van der Waals surface area contributed by atoms with Crippen LogP contribution in [0.25, 0.3) is 22.0 Å². The highest BCUT2D eigenvalue weighted by Crippen LogP contribution is 2.33. The summed E-state index contributed by atoms with van der Waals surface area (Å²) in [7, 11) is 1.81. The largest absolute Gasteiger partial charge is 0.372 e. The Morgan fingerprint density at radius 2 is 1.95 bits per heavy atom. The van der Waals surface area contributed by atoms with E-state index >= 15 is 0 Å². The van der Waals surface area contributed by atoms with Gasteiger partial charge < -0.3 is 11.1 Å². The van der Waals surface area contributed by atoms with Gasteiger partial charge in [-0.15, -0.1) is 0 Å². The van der Waals surface area contributed by atoms with Crippen molar-refractivity contribution in [2.24, 2.45) is 0 Å². The minimum absolute atomic E-state index is 0.250. The molecule has 0 saturated carbocycles. The van der Waals surface area contributed by atoms with Crippen LogP contribution in [0.2, 0.25) is 5.02 Å². The number of rotatable bonds is 2. The lowest BCUT2D eigenvalue weighted by atomic mass is 9.99. The minimum Gasteiger partial charge on any atom is -0.372 e. The van der Waals surface area contributed by atoms with E-state index in [2.05, 4.69) is 15.3 Å². The summed E-state index contributed by atoms with van der Waals surface area (Å²) in [5, 5.41) is 4.69. The zero-order valence-corrected chi connectivity index (χ0v) is 12.6. The number of nitrogens with zero attached hydrogens (tertiary/aromatic N) is 2. The maximum absolute atomic E-state index is 6.34. The molecular formula is C16H15ClN4. The number of nitrogens with two attached hydrogens (primary N) is 1. The molecule has 1 heterocycles. The summed E-state index contributed by atoms with van der Waals surface area (Å²) in [5.74, 6) is 0.972. The number of benzene rings is 2. The Morgan fingerprint density at radius 3 is 2.67 bits per heavy atom. The third-order valence-electron chi connectivity index (χ3n) is 3.46. The fraction of sp³-hybridized carbons (Fsp3) is 0.125. The van der Waals surface area contributed by atoms with Crippen molar-refractivity contribution in [3.05, 3.63) is 47.0 Å². The van der Waals surface area contributed by atoms with Crippen LogP contribution in [0.3, 0.4) is 0 Å². The molecule has 0 aliphatic heterocycles. The number of hydrogen-bond acceptors (Lipinski definition) is 4. The molecule has 21 heavy (non-hydrogen) atoms. The SMILES string of the molecule is CNc1nc(N)nc2cc(-c3c(C)cccc3Cl)ccc12. The number of fused-ring (bicyclic) bond motifs is 1. The number of nitrogens with one attached hydrogen (secondary N) is 1. The summed E-state index contributed by atoms with van der Waals surface area (Å²) in [6.07, 6.45) is 0. The number of anilines is 2. The van der Waals surface area contributed by atoms with E-state index in [-0.39, 0.29) is 5.95 Å². The molecule has 2 aromatic carbocycles. The summed E-state index contributed by atoms with van der Waals surface area (Å²) >= 11 is 6.34. The van der Waals surface area contributed by atoms with Crippen LogP contribution >= 0.6 is 11.6 Å². The summed E-state index contributed by atoms with van der Waals surface area (Å²) in [4.78, 5) is 8.50. The van der Waals surface area contributed by atoms with Gasteiger partial charge in [-0.05, 0) is 36.2 Å². The van der Waals surface area contributed by atoms with Gasteiger partial charge in [-0.1, -0.05) is 29.8 Å². The van der Waals surface area contributed by atoms with Crippen LogP contribution in [0.15, 0.2) is 36.4 Å². The average molecular weight is 299 g/mol. The Labute approximate surface area is 128 Å². The predicted octanol–water partition coefficient (Wildman–Crippen LogP) is 3.88. The first-order valence-electron chi connectivity index (χ1n) is 6.60. The Balaban J connectivity index is 2.27. The molecule has 0 aliphatic rings. The van der Waals surface area contributed by atoms with Crippen molar-refractivity contribution in [3.8, 4) is 11.1 Å². The van der Waals surface area contributed by atoms with E-state index in [0.29, 0.717) is 0 Å². The highest BCUT2D eigenvalue weighted by Gasteiger charge is 2.10. The van der Waals surface area contributed by atoms with E-state index in [9.17, 15) is 0 Å². The second-order valence-electron chi connectivity index (χ2n) is 4.84. The van der Waals surface area contributed by atoms with Crippen LogP contribution in [-0.4, -0.2) is 17.0 Å². The molecule has 0 radical (unpaired) electrons. The van der Waals surface area contributed by atoms with E-state index in [4.69, 9.17) is 17.3 Å². The number of hydrogen-bond donors (Lipinski definition) is 2. The van der Waals surface area contributed by atoms with Gasteiger partial charge in [0, 0.05) is 23.0 Å². The van der Waals surface area contributed by atoms with Crippen molar-refractivity contribution in [3.63, 3.8) is 0 Å². The smallest absolute Gasteiger partial charge is 0.222 e. The van der Waals surface area contributed by atoms with Crippen molar-refractivity contribution >= 4 is 34.3 Å². The van der Waals surface area contributed by atoms with Crippen LogP contribution in [0.5, 0.6) is 0 Å². The van der Waals surface area contributed by atoms with Crippen LogP contribution in [0.1, 0.15) is 5.56 Å². The molecule has 1 aromatic heterocycles. The van der Waals surface area contributed by atoms with Gasteiger partial charge in [0.1, 0.15) is 5.82 Å². The molecule has 3 rings (SSSR count). The monoisotopic (exact) mass is 298 g/mol. The molecule has 4 nitrogen and oxygen atoms in total. The molecular weight excluding hydrogens is 284 g/mol. The first-order valence-corrected chi connectivity index (χ1v) is 6.98. The maximum Gasteiger partial charge on any atom is 0.222 e. The van der Waals surface area contributed by atoms with E-state index in [0.717, 1.165) is 38.4 Å². The molecule has 3 aromatic rings. The van der Waals surface area contributed by atoms with Crippen LogP contribution in [0, 0.1) is 6.92 Å².